The number of benzene rings is 1. The van der Waals surface area contributed by atoms with Crippen molar-refractivity contribution in [3.05, 3.63) is 34.9 Å². The molecule has 1 saturated carbocycles. The van der Waals surface area contributed by atoms with Crippen LogP contribution in [-0.2, 0) is 4.79 Å². The first-order valence-electron chi connectivity index (χ1n) is 7.35. The van der Waals surface area contributed by atoms with E-state index in [0.29, 0.717) is 16.6 Å². The molecule has 3 unspecified atom stereocenters. The van der Waals surface area contributed by atoms with Crippen LogP contribution >= 0.6 is 11.6 Å². The van der Waals surface area contributed by atoms with Gasteiger partial charge in [-0.05, 0) is 51.1 Å². The normalized spacial score (nSPS) is 23.3. The van der Waals surface area contributed by atoms with Crippen LogP contribution in [0.25, 0.3) is 0 Å². The third kappa shape index (κ3) is 4.70. The van der Waals surface area contributed by atoms with Crippen LogP contribution in [0.15, 0.2) is 24.3 Å². The van der Waals surface area contributed by atoms with Crippen LogP contribution in [0.3, 0.4) is 0 Å². The zero-order valence-corrected chi connectivity index (χ0v) is 13.3. The summed E-state index contributed by atoms with van der Waals surface area (Å²) in [4.78, 5) is 14.2. The molecule has 1 amide bonds. The molecule has 0 spiro atoms. The fraction of sp³-hybridized carbons (Fsp3) is 0.562. The summed E-state index contributed by atoms with van der Waals surface area (Å²) in [5.74, 6) is -0.0955. The van der Waals surface area contributed by atoms with Gasteiger partial charge in [-0.15, -0.1) is 0 Å². The fourth-order valence-corrected chi connectivity index (χ4v) is 2.95. The molecule has 1 aliphatic carbocycles. The molecule has 4 nitrogen and oxygen atoms in total. The summed E-state index contributed by atoms with van der Waals surface area (Å²) in [6, 6.07) is 7.70. The van der Waals surface area contributed by atoms with E-state index in [0.717, 1.165) is 19.3 Å². The molecule has 3 atom stereocenters. The second-order valence-corrected chi connectivity index (χ2v) is 6.40. The lowest BCUT2D eigenvalue weighted by Crippen LogP contribution is -2.35. The van der Waals surface area contributed by atoms with Gasteiger partial charge in [0.1, 0.15) is 0 Å². The summed E-state index contributed by atoms with van der Waals surface area (Å²) in [7, 11) is 4.14. The van der Waals surface area contributed by atoms with Crippen LogP contribution in [0, 0.1) is 0 Å². The highest BCUT2D eigenvalue weighted by atomic mass is 35.5. The summed E-state index contributed by atoms with van der Waals surface area (Å²) in [6.07, 6.45) is 2.40. The highest BCUT2D eigenvalue weighted by Crippen LogP contribution is 2.23. The molecule has 1 aromatic carbocycles. The first-order chi connectivity index (χ1) is 9.95. The van der Waals surface area contributed by atoms with E-state index in [9.17, 15) is 9.90 Å². The van der Waals surface area contributed by atoms with Gasteiger partial charge >= 0.3 is 0 Å². The lowest BCUT2D eigenvalue weighted by atomic mass is 10.1. The fourth-order valence-electron chi connectivity index (χ4n) is 2.82. The molecule has 0 aromatic heterocycles. The topological polar surface area (TPSA) is 52.6 Å². The van der Waals surface area contributed by atoms with Crippen LogP contribution in [0.1, 0.15) is 37.4 Å². The molecular formula is C16H23ClN2O2. The summed E-state index contributed by atoms with van der Waals surface area (Å²) in [5, 5.41) is 13.7. The number of nitrogens with one attached hydrogen (secondary N) is 1. The SMILES string of the molecule is CN(C)C1CCC(NC(=O)CC(O)c2ccc(Cl)cc2)C1. The summed E-state index contributed by atoms with van der Waals surface area (Å²) in [5.41, 5.74) is 0.715. The average molecular weight is 311 g/mol. The number of rotatable bonds is 5. The van der Waals surface area contributed by atoms with Gasteiger partial charge in [-0.3, -0.25) is 4.79 Å². The zero-order valence-electron chi connectivity index (χ0n) is 12.6. The van der Waals surface area contributed by atoms with Crippen molar-refractivity contribution in [1.82, 2.24) is 10.2 Å². The number of aliphatic hydroxyl groups is 1. The minimum atomic E-state index is -0.784. The standard InChI is InChI=1S/C16H23ClN2O2/c1-19(2)14-8-7-13(9-14)18-16(21)10-15(20)11-3-5-12(17)6-4-11/h3-6,13-15,20H,7-10H2,1-2H3,(H,18,21). The molecule has 116 valence electrons. The van der Waals surface area contributed by atoms with Crippen LogP contribution < -0.4 is 5.32 Å². The van der Waals surface area contributed by atoms with Crippen molar-refractivity contribution >= 4 is 17.5 Å². The van der Waals surface area contributed by atoms with Crippen LogP contribution in [-0.4, -0.2) is 42.1 Å². The smallest absolute Gasteiger partial charge is 0.223 e. The number of nitrogens with zero attached hydrogens (tertiary/aromatic N) is 1. The van der Waals surface area contributed by atoms with E-state index in [-0.39, 0.29) is 18.4 Å². The molecule has 5 heteroatoms. The van der Waals surface area contributed by atoms with E-state index >= 15 is 0 Å². The number of aliphatic hydroxyl groups excluding tert-OH is 1. The Bertz CT molecular complexity index is 476. The van der Waals surface area contributed by atoms with E-state index in [4.69, 9.17) is 11.6 Å². The summed E-state index contributed by atoms with van der Waals surface area (Å²) in [6.45, 7) is 0. The van der Waals surface area contributed by atoms with Gasteiger partial charge < -0.3 is 15.3 Å². The molecular weight excluding hydrogens is 288 g/mol. The Morgan fingerprint density at radius 2 is 2.05 bits per heavy atom. The maximum Gasteiger partial charge on any atom is 0.223 e. The summed E-state index contributed by atoms with van der Waals surface area (Å²) >= 11 is 5.81. The largest absolute Gasteiger partial charge is 0.388 e. The first-order valence-corrected chi connectivity index (χ1v) is 7.73. The lowest BCUT2D eigenvalue weighted by Gasteiger charge is -2.19. The molecule has 1 fully saturated rings. The van der Waals surface area contributed by atoms with Gasteiger partial charge in [-0.1, -0.05) is 23.7 Å². The Morgan fingerprint density at radius 1 is 1.38 bits per heavy atom. The maximum atomic E-state index is 12.0. The van der Waals surface area contributed by atoms with Crippen LogP contribution in [0.5, 0.6) is 0 Å². The Morgan fingerprint density at radius 3 is 2.62 bits per heavy atom. The van der Waals surface area contributed by atoms with Gasteiger partial charge in [-0.2, -0.15) is 0 Å². The predicted molar refractivity (Wildman–Crippen MR) is 84.3 cm³/mol. The second-order valence-electron chi connectivity index (χ2n) is 5.97. The Balaban J connectivity index is 1.80. The van der Waals surface area contributed by atoms with Crippen LogP contribution in [0.2, 0.25) is 5.02 Å². The van der Waals surface area contributed by atoms with Crippen LogP contribution in [0.4, 0.5) is 0 Å². The predicted octanol–water partition coefficient (Wildman–Crippen LogP) is 2.36. The van der Waals surface area contributed by atoms with Crippen molar-refractivity contribution in [1.29, 1.82) is 0 Å². The van der Waals surface area contributed by atoms with E-state index < -0.39 is 6.10 Å². The molecule has 21 heavy (non-hydrogen) atoms. The van der Waals surface area contributed by atoms with Gasteiger partial charge in [0, 0.05) is 17.1 Å². The number of halogens is 1. The van der Waals surface area contributed by atoms with Crippen molar-refractivity contribution < 1.29 is 9.90 Å². The van der Waals surface area contributed by atoms with E-state index in [2.05, 4.69) is 24.3 Å². The number of carbonyl (C=O) groups excluding carboxylic acids is 1. The molecule has 2 rings (SSSR count). The average Bonchev–Trinajstić information content (AvgIpc) is 2.87. The van der Waals surface area contributed by atoms with Crippen molar-refractivity contribution in [3.8, 4) is 0 Å². The molecule has 0 radical (unpaired) electrons. The van der Waals surface area contributed by atoms with Gasteiger partial charge in [0.2, 0.25) is 5.91 Å². The number of hydrogen-bond acceptors (Lipinski definition) is 3. The lowest BCUT2D eigenvalue weighted by molar-refractivity contribution is -0.123. The highest BCUT2D eigenvalue weighted by molar-refractivity contribution is 6.30. The molecule has 0 aliphatic heterocycles. The number of hydrogen-bond donors (Lipinski definition) is 2. The minimum absolute atomic E-state index is 0.0881. The molecule has 1 aliphatic rings. The third-order valence-corrected chi connectivity index (χ3v) is 4.39. The van der Waals surface area contributed by atoms with Crippen molar-refractivity contribution in [2.24, 2.45) is 0 Å². The molecule has 2 N–H and O–H groups in total. The van der Waals surface area contributed by atoms with Crippen molar-refractivity contribution in [2.45, 2.75) is 43.9 Å². The Kier molecular flexibility index (Phi) is 5.62. The second kappa shape index (κ2) is 7.25. The van der Waals surface area contributed by atoms with Crippen molar-refractivity contribution in [3.63, 3.8) is 0 Å². The van der Waals surface area contributed by atoms with Gasteiger partial charge in [0.25, 0.3) is 0 Å². The van der Waals surface area contributed by atoms with Gasteiger partial charge in [0.05, 0.1) is 12.5 Å². The van der Waals surface area contributed by atoms with E-state index in [1.165, 1.54) is 0 Å². The Hall–Kier alpha value is -1.10. The van der Waals surface area contributed by atoms with Gasteiger partial charge in [0.15, 0.2) is 0 Å². The number of carbonyl (C=O) groups is 1. The quantitative estimate of drug-likeness (QED) is 0.878. The van der Waals surface area contributed by atoms with E-state index in [1.54, 1.807) is 24.3 Å². The molecule has 0 bridgehead atoms. The highest BCUT2D eigenvalue weighted by Gasteiger charge is 2.27. The third-order valence-electron chi connectivity index (χ3n) is 4.13. The minimum Gasteiger partial charge on any atom is -0.388 e. The van der Waals surface area contributed by atoms with Crippen molar-refractivity contribution in [2.75, 3.05) is 14.1 Å². The number of amides is 1. The molecule has 1 aromatic rings. The summed E-state index contributed by atoms with van der Waals surface area (Å²) < 4.78 is 0. The monoisotopic (exact) mass is 310 g/mol. The first kappa shape index (κ1) is 16.3. The van der Waals surface area contributed by atoms with E-state index in [1.807, 2.05) is 0 Å². The molecule has 0 saturated heterocycles. The zero-order chi connectivity index (χ0) is 15.4. The maximum absolute atomic E-state index is 12.0. The van der Waals surface area contributed by atoms with Gasteiger partial charge in [-0.25, -0.2) is 0 Å². The Labute approximate surface area is 131 Å². The molecule has 0 heterocycles.